The molecule has 1 fully saturated rings. The topological polar surface area (TPSA) is 21.3 Å². The molecule has 2 nitrogen and oxygen atoms in total. The third-order valence-electron chi connectivity index (χ3n) is 2.93. The summed E-state index contributed by atoms with van der Waals surface area (Å²) in [6.07, 6.45) is 2.65. The molecule has 0 bridgehead atoms. The van der Waals surface area contributed by atoms with Crippen molar-refractivity contribution in [1.82, 2.24) is 5.32 Å². The first-order valence-electron chi connectivity index (χ1n) is 5.83. The highest BCUT2D eigenvalue weighted by molar-refractivity contribution is 7.99. The molecule has 1 aromatic carbocycles. The summed E-state index contributed by atoms with van der Waals surface area (Å²) in [7, 11) is 1.73. The van der Waals surface area contributed by atoms with Crippen LogP contribution in [0.15, 0.2) is 24.3 Å². The largest absolute Gasteiger partial charge is 0.496 e. The lowest BCUT2D eigenvalue weighted by molar-refractivity contribution is 0.404. The third kappa shape index (κ3) is 3.16. The van der Waals surface area contributed by atoms with Crippen molar-refractivity contribution in [3.63, 3.8) is 0 Å². The summed E-state index contributed by atoms with van der Waals surface area (Å²) in [6, 6.07) is 8.89. The Labute approximate surface area is 102 Å². The van der Waals surface area contributed by atoms with Crippen molar-refractivity contribution in [3.05, 3.63) is 29.8 Å². The Morgan fingerprint density at radius 2 is 2.31 bits per heavy atom. The van der Waals surface area contributed by atoms with Crippen LogP contribution in [0.2, 0.25) is 0 Å². The van der Waals surface area contributed by atoms with Crippen LogP contribution >= 0.6 is 11.8 Å². The van der Waals surface area contributed by atoms with Gasteiger partial charge >= 0.3 is 0 Å². The molecule has 16 heavy (non-hydrogen) atoms. The zero-order valence-corrected chi connectivity index (χ0v) is 10.6. The van der Waals surface area contributed by atoms with E-state index in [2.05, 4.69) is 29.2 Å². The molecule has 3 heteroatoms. The van der Waals surface area contributed by atoms with Crippen molar-refractivity contribution in [2.24, 2.45) is 0 Å². The fourth-order valence-corrected chi connectivity index (χ4v) is 3.11. The van der Waals surface area contributed by atoms with Gasteiger partial charge in [0.05, 0.1) is 7.11 Å². The second-order valence-electron chi connectivity index (χ2n) is 4.11. The van der Waals surface area contributed by atoms with Crippen molar-refractivity contribution in [2.45, 2.75) is 25.4 Å². The molecular formula is C13H19NOS. The van der Waals surface area contributed by atoms with Crippen LogP contribution < -0.4 is 10.1 Å². The number of hydrogen-bond acceptors (Lipinski definition) is 3. The number of benzene rings is 1. The highest BCUT2D eigenvalue weighted by Gasteiger charge is 2.13. The standard InChI is InChI=1S/C13H19NOS/c1-15-13-7-3-2-5-11(13)9-14-12-6-4-8-16-10-12/h2-3,5,7,12,14H,4,6,8-10H2,1H3. The van der Waals surface area contributed by atoms with E-state index in [1.807, 2.05) is 12.1 Å². The lowest BCUT2D eigenvalue weighted by Gasteiger charge is -2.23. The first-order chi connectivity index (χ1) is 7.90. The van der Waals surface area contributed by atoms with Gasteiger partial charge in [-0.1, -0.05) is 18.2 Å². The first kappa shape index (κ1) is 11.8. The summed E-state index contributed by atoms with van der Waals surface area (Å²) in [4.78, 5) is 0. The van der Waals surface area contributed by atoms with Gasteiger partial charge in [0.25, 0.3) is 0 Å². The van der Waals surface area contributed by atoms with Gasteiger partial charge in [0, 0.05) is 23.9 Å². The molecule has 1 aliphatic heterocycles. The zero-order valence-electron chi connectivity index (χ0n) is 9.74. The molecule has 1 unspecified atom stereocenters. The van der Waals surface area contributed by atoms with Crippen LogP contribution in [0.1, 0.15) is 18.4 Å². The molecule has 0 aliphatic carbocycles. The van der Waals surface area contributed by atoms with Crippen LogP contribution in [0, 0.1) is 0 Å². The van der Waals surface area contributed by atoms with E-state index in [4.69, 9.17) is 4.74 Å². The highest BCUT2D eigenvalue weighted by Crippen LogP contribution is 2.20. The van der Waals surface area contributed by atoms with E-state index >= 15 is 0 Å². The van der Waals surface area contributed by atoms with Crippen molar-refractivity contribution >= 4 is 11.8 Å². The minimum atomic E-state index is 0.670. The average Bonchev–Trinajstić information content (AvgIpc) is 2.38. The Balaban J connectivity index is 1.88. The van der Waals surface area contributed by atoms with Gasteiger partial charge < -0.3 is 10.1 Å². The van der Waals surface area contributed by atoms with Gasteiger partial charge in [-0.05, 0) is 24.7 Å². The van der Waals surface area contributed by atoms with Gasteiger partial charge in [0.1, 0.15) is 5.75 Å². The highest BCUT2D eigenvalue weighted by atomic mass is 32.2. The van der Waals surface area contributed by atoms with Crippen molar-refractivity contribution in [1.29, 1.82) is 0 Å². The molecule has 1 N–H and O–H groups in total. The molecule has 0 saturated carbocycles. The van der Waals surface area contributed by atoms with E-state index in [0.717, 1.165) is 12.3 Å². The quantitative estimate of drug-likeness (QED) is 0.870. The molecule has 2 rings (SSSR count). The predicted octanol–water partition coefficient (Wildman–Crippen LogP) is 2.68. The normalized spacial score (nSPS) is 20.7. The third-order valence-corrected chi connectivity index (χ3v) is 4.15. The van der Waals surface area contributed by atoms with Crippen LogP contribution in [0.25, 0.3) is 0 Å². The minimum absolute atomic E-state index is 0.670. The number of para-hydroxylation sites is 1. The van der Waals surface area contributed by atoms with Crippen molar-refractivity contribution in [3.8, 4) is 5.75 Å². The molecule has 0 radical (unpaired) electrons. The molecule has 1 heterocycles. The van der Waals surface area contributed by atoms with Crippen molar-refractivity contribution < 1.29 is 4.74 Å². The Bertz CT molecular complexity index is 323. The fourth-order valence-electron chi connectivity index (χ4n) is 2.01. The Kier molecular flexibility index (Phi) is 4.55. The Morgan fingerprint density at radius 1 is 1.44 bits per heavy atom. The van der Waals surface area contributed by atoms with E-state index in [1.54, 1.807) is 7.11 Å². The number of methoxy groups -OCH3 is 1. The molecular weight excluding hydrogens is 218 g/mol. The van der Waals surface area contributed by atoms with Crippen LogP contribution in [0.4, 0.5) is 0 Å². The zero-order chi connectivity index (χ0) is 11.2. The number of thioether (sulfide) groups is 1. The summed E-state index contributed by atoms with van der Waals surface area (Å²) in [5, 5.41) is 3.61. The van der Waals surface area contributed by atoms with Crippen LogP contribution in [0.3, 0.4) is 0 Å². The van der Waals surface area contributed by atoms with Gasteiger partial charge in [-0.15, -0.1) is 0 Å². The first-order valence-corrected chi connectivity index (χ1v) is 6.98. The molecule has 1 aromatic rings. The lowest BCUT2D eigenvalue weighted by Crippen LogP contribution is -2.33. The Hall–Kier alpha value is -0.670. The van der Waals surface area contributed by atoms with E-state index in [0.29, 0.717) is 6.04 Å². The van der Waals surface area contributed by atoms with Crippen molar-refractivity contribution in [2.75, 3.05) is 18.6 Å². The van der Waals surface area contributed by atoms with E-state index in [1.165, 1.54) is 29.9 Å². The lowest BCUT2D eigenvalue weighted by atomic mass is 10.1. The maximum absolute atomic E-state index is 5.34. The molecule has 0 aromatic heterocycles. The van der Waals surface area contributed by atoms with Gasteiger partial charge in [-0.3, -0.25) is 0 Å². The minimum Gasteiger partial charge on any atom is -0.496 e. The monoisotopic (exact) mass is 237 g/mol. The Morgan fingerprint density at radius 3 is 3.06 bits per heavy atom. The average molecular weight is 237 g/mol. The summed E-state index contributed by atoms with van der Waals surface area (Å²) in [5.74, 6) is 3.56. The fraction of sp³-hybridized carbons (Fsp3) is 0.538. The molecule has 1 saturated heterocycles. The number of ether oxygens (including phenoxy) is 1. The summed E-state index contributed by atoms with van der Waals surface area (Å²) in [5.41, 5.74) is 1.25. The molecule has 1 aliphatic rings. The van der Waals surface area contributed by atoms with E-state index < -0.39 is 0 Å². The molecule has 0 spiro atoms. The molecule has 1 atom stereocenters. The number of nitrogens with one attached hydrogen (secondary N) is 1. The van der Waals surface area contributed by atoms with E-state index in [-0.39, 0.29) is 0 Å². The smallest absolute Gasteiger partial charge is 0.123 e. The summed E-state index contributed by atoms with van der Waals surface area (Å²) in [6.45, 7) is 0.912. The van der Waals surface area contributed by atoms with E-state index in [9.17, 15) is 0 Å². The van der Waals surface area contributed by atoms with Crippen LogP contribution in [-0.2, 0) is 6.54 Å². The van der Waals surface area contributed by atoms with Gasteiger partial charge in [-0.2, -0.15) is 11.8 Å². The van der Waals surface area contributed by atoms with Gasteiger partial charge in [0.2, 0.25) is 0 Å². The predicted molar refractivity (Wildman–Crippen MR) is 70.2 cm³/mol. The molecule has 88 valence electrons. The van der Waals surface area contributed by atoms with Crippen LogP contribution in [-0.4, -0.2) is 24.7 Å². The van der Waals surface area contributed by atoms with Crippen LogP contribution in [0.5, 0.6) is 5.75 Å². The number of rotatable bonds is 4. The summed E-state index contributed by atoms with van der Waals surface area (Å²) >= 11 is 2.05. The number of hydrogen-bond donors (Lipinski definition) is 1. The summed E-state index contributed by atoms with van der Waals surface area (Å²) < 4.78 is 5.34. The second kappa shape index (κ2) is 6.16. The van der Waals surface area contributed by atoms with Gasteiger partial charge in [-0.25, -0.2) is 0 Å². The maximum Gasteiger partial charge on any atom is 0.123 e. The SMILES string of the molecule is COc1ccccc1CNC1CCCSC1. The van der Waals surface area contributed by atoms with Gasteiger partial charge in [0.15, 0.2) is 0 Å². The second-order valence-corrected chi connectivity index (χ2v) is 5.26. The maximum atomic E-state index is 5.34. The molecule has 0 amide bonds.